The van der Waals surface area contributed by atoms with E-state index in [0.29, 0.717) is 16.9 Å². The van der Waals surface area contributed by atoms with Crippen LogP contribution in [-0.4, -0.2) is 57.9 Å². The number of carbonyl (C=O) groups is 3. The average molecular weight is 429 g/mol. The molecule has 1 aliphatic carbocycles. The Balaban J connectivity index is 1.87. The van der Waals surface area contributed by atoms with Gasteiger partial charge in [0, 0.05) is 24.3 Å². The van der Waals surface area contributed by atoms with Crippen molar-refractivity contribution >= 4 is 17.8 Å². The molecule has 1 saturated carbocycles. The Labute approximate surface area is 180 Å². The number of rotatable bonds is 8. The lowest BCUT2D eigenvalue weighted by Gasteiger charge is -2.35. The van der Waals surface area contributed by atoms with Gasteiger partial charge >= 0.3 is 11.9 Å². The molecule has 166 valence electrons. The van der Waals surface area contributed by atoms with Crippen LogP contribution in [0.3, 0.4) is 0 Å². The number of benzene rings is 1. The fraction of sp³-hybridized carbons (Fsp3) is 0.455. The van der Waals surface area contributed by atoms with E-state index in [1.807, 2.05) is 0 Å². The van der Waals surface area contributed by atoms with Gasteiger partial charge in [-0.25, -0.2) is 9.59 Å². The van der Waals surface area contributed by atoms with Crippen LogP contribution in [0.4, 0.5) is 0 Å². The van der Waals surface area contributed by atoms with Gasteiger partial charge in [0.25, 0.3) is 0 Å². The number of methoxy groups -OCH3 is 2. The molecule has 9 heteroatoms. The van der Waals surface area contributed by atoms with E-state index in [4.69, 9.17) is 14.6 Å². The molecule has 1 N–H and O–H groups in total. The third-order valence-electron chi connectivity index (χ3n) is 5.56. The maximum atomic E-state index is 13.3. The van der Waals surface area contributed by atoms with Crippen LogP contribution in [0.1, 0.15) is 58.4 Å². The Morgan fingerprint density at radius 2 is 1.90 bits per heavy atom. The molecule has 2 aromatic rings. The molecule has 1 aromatic carbocycles. The molecule has 0 radical (unpaired) electrons. The van der Waals surface area contributed by atoms with Crippen molar-refractivity contribution in [2.24, 2.45) is 0 Å². The number of nitrogens with zero attached hydrogens (tertiary/aromatic N) is 3. The van der Waals surface area contributed by atoms with Crippen molar-refractivity contribution in [2.45, 2.75) is 51.2 Å². The van der Waals surface area contributed by atoms with E-state index in [1.165, 1.54) is 24.2 Å². The van der Waals surface area contributed by atoms with Crippen molar-refractivity contribution in [3.8, 4) is 5.75 Å². The summed E-state index contributed by atoms with van der Waals surface area (Å²) in [5.41, 5.74) is 1.12. The molecule has 1 aliphatic rings. The molecule has 0 atom stereocenters. The van der Waals surface area contributed by atoms with E-state index in [0.717, 1.165) is 32.1 Å². The molecule has 0 spiro atoms. The molecular weight excluding hydrogens is 402 g/mol. The van der Waals surface area contributed by atoms with Crippen LogP contribution in [0.25, 0.3) is 0 Å². The quantitative estimate of drug-likeness (QED) is 0.642. The molecule has 0 saturated heterocycles. The number of carbonyl (C=O) groups excluding carboxylic acids is 2. The van der Waals surface area contributed by atoms with E-state index < -0.39 is 11.9 Å². The standard InChI is InChI=1S/C22H27N3O6/c1-30-19-9-8-15(22(29)31-2)10-16(19)13-25(18-6-4-3-5-7-18)20(26)14-24-12-17(11-23-24)21(27)28/h8-12,18H,3-7,13-14H2,1-2H3,(H,27,28). The van der Waals surface area contributed by atoms with Gasteiger partial charge in [-0.15, -0.1) is 0 Å². The highest BCUT2D eigenvalue weighted by atomic mass is 16.5. The molecule has 3 rings (SSSR count). The Morgan fingerprint density at radius 1 is 1.16 bits per heavy atom. The second kappa shape index (κ2) is 10.1. The molecule has 0 bridgehead atoms. The predicted octanol–water partition coefficient (Wildman–Crippen LogP) is 2.74. The minimum absolute atomic E-state index is 0.0319. The molecule has 1 aromatic heterocycles. The minimum Gasteiger partial charge on any atom is -0.496 e. The summed E-state index contributed by atoms with van der Waals surface area (Å²) in [7, 11) is 2.86. The summed E-state index contributed by atoms with van der Waals surface area (Å²) in [6, 6.07) is 5.06. The predicted molar refractivity (Wildman–Crippen MR) is 111 cm³/mol. The summed E-state index contributed by atoms with van der Waals surface area (Å²) >= 11 is 0. The van der Waals surface area contributed by atoms with Gasteiger partial charge in [-0.3, -0.25) is 9.48 Å². The lowest BCUT2D eigenvalue weighted by molar-refractivity contribution is -0.135. The van der Waals surface area contributed by atoms with Gasteiger partial charge in [-0.05, 0) is 31.0 Å². The Kier molecular flexibility index (Phi) is 7.28. The zero-order chi connectivity index (χ0) is 22.4. The van der Waals surface area contributed by atoms with E-state index in [9.17, 15) is 14.4 Å². The first-order valence-corrected chi connectivity index (χ1v) is 10.2. The highest BCUT2D eigenvalue weighted by molar-refractivity contribution is 5.90. The van der Waals surface area contributed by atoms with E-state index in [-0.39, 0.29) is 30.6 Å². The minimum atomic E-state index is -1.09. The van der Waals surface area contributed by atoms with Gasteiger partial charge < -0.3 is 19.5 Å². The zero-order valence-corrected chi connectivity index (χ0v) is 17.7. The van der Waals surface area contributed by atoms with Gasteiger partial charge in [0.05, 0.1) is 31.5 Å². The Hall–Kier alpha value is -3.36. The van der Waals surface area contributed by atoms with Crippen molar-refractivity contribution in [2.75, 3.05) is 14.2 Å². The number of aromatic carboxylic acids is 1. The molecule has 9 nitrogen and oxygen atoms in total. The number of carboxylic acids is 1. The molecule has 1 fully saturated rings. The Bertz CT molecular complexity index is 948. The topological polar surface area (TPSA) is 111 Å². The monoisotopic (exact) mass is 429 g/mol. The van der Waals surface area contributed by atoms with E-state index in [2.05, 4.69) is 5.10 Å². The lowest BCUT2D eigenvalue weighted by atomic mass is 9.93. The van der Waals surface area contributed by atoms with E-state index in [1.54, 1.807) is 30.2 Å². The molecule has 1 amide bonds. The van der Waals surface area contributed by atoms with E-state index >= 15 is 0 Å². The molecule has 0 aliphatic heterocycles. The number of amides is 1. The zero-order valence-electron chi connectivity index (χ0n) is 17.7. The van der Waals surface area contributed by atoms with Gasteiger partial charge in [-0.1, -0.05) is 19.3 Å². The average Bonchev–Trinajstić information content (AvgIpc) is 3.26. The summed E-state index contributed by atoms with van der Waals surface area (Å²) in [6.45, 7) is 0.202. The summed E-state index contributed by atoms with van der Waals surface area (Å²) in [5.74, 6) is -1.14. The van der Waals surface area contributed by atoms with Crippen LogP contribution >= 0.6 is 0 Å². The maximum absolute atomic E-state index is 13.3. The fourth-order valence-corrected chi connectivity index (χ4v) is 3.93. The van der Waals surface area contributed by atoms with Crippen molar-refractivity contribution in [3.05, 3.63) is 47.3 Å². The van der Waals surface area contributed by atoms with Crippen LogP contribution in [0.2, 0.25) is 0 Å². The molecule has 1 heterocycles. The molecule has 0 unspecified atom stereocenters. The first-order chi connectivity index (χ1) is 14.9. The summed E-state index contributed by atoms with van der Waals surface area (Å²) < 4.78 is 11.6. The number of carboxylic acid groups (broad SMARTS) is 1. The molecule has 31 heavy (non-hydrogen) atoms. The highest BCUT2D eigenvalue weighted by Gasteiger charge is 2.27. The second-order valence-electron chi connectivity index (χ2n) is 7.56. The summed E-state index contributed by atoms with van der Waals surface area (Å²) in [6.07, 6.45) is 7.58. The summed E-state index contributed by atoms with van der Waals surface area (Å²) in [4.78, 5) is 38.1. The third kappa shape index (κ3) is 5.42. The fourth-order valence-electron chi connectivity index (χ4n) is 3.93. The number of aromatic nitrogens is 2. The largest absolute Gasteiger partial charge is 0.496 e. The highest BCUT2D eigenvalue weighted by Crippen LogP contribution is 2.28. The SMILES string of the molecule is COC(=O)c1ccc(OC)c(CN(C(=O)Cn2cc(C(=O)O)cn2)C2CCCCC2)c1. The van der Waals surface area contributed by atoms with Gasteiger partial charge in [0.2, 0.25) is 5.91 Å². The first kappa shape index (κ1) is 22.3. The number of esters is 1. The lowest BCUT2D eigenvalue weighted by Crippen LogP contribution is -2.42. The number of ether oxygens (including phenoxy) is 2. The van der Waals surface area contributed by atoms with Crippen molar-refractivity contribution in [1.82, 2.24) is 14.7 Å². The normalized spacial score (nSPS) is 14.1. The number of hydrogen-bond donors (Lipinski definition) is 1. The summed E-state index contributed by atoms with van der Waals surface area (Å²) in [5, 5.41) is 13.1. The molecular formula is C22H27N3O6. The van der Waals surface area contributed by atoms with Gasteiger partial charge in [0.1, 0.15) is 12.3 Å². The Morgan fingerprint density at radius 3 is 2.52 bits per heavy atom. The van der Waals surface area contributed by atoms with Crippen LogP contribution in [-0.2, 0) is 22.6 Å². The van der Waals surface area contributed by atoms with Crippen LogP contribution in [0, 0.1) is 0 Å². The maximum Gasteiger partial charge on any atom is 0.338 e. The van der Waals surface area contributed by atoms with Crippen LogP contribution in [0.5, 0.6) is 5.75 Å². The van der Waals surface area contributed by atoms with Crippen molar-refractivity contribution < 1.29 is 29.0 Å². The number of hydrogen-bond acceptors (Lipinski definition) is 6. The third-order valence-corrected chi connectivity index (χ3v) is 5.56. The smallest absolute Gasteiger partial charge is 0.338 e. The van der Waals surface area contributed by atoms with Crippen molar-refractivity contribution in [3.63, 3.8) is 0 Å². The van der Waals surface area contributed by atoms with Crippen molar-refractivity contribution in [1.29, 1.82) is 0 Å². The van der Waals surface area contributed by atoms with Crippen LogP contribution < -0.4 is 4.74 Å². The first-order valence-electron chi connectivity index (χ1n) is 10.2. The van der Waals surface area contributed by atoms with Gasteiger partial charge in [-0.2, -0.15) is 5.10 Å². The second-order valence-corrected chi connectivity index (χ2v) is 7.56. The van der Waals surface area contributed by atoms with Gasteiger partial charge in [0.15, 0.2) is 0 Å². The van der Waals surface area contributed by atoms with Crippen LogP contribution in [0.15, 0.2) is 30.6 Å².